The smallest absolute Gasteiger partial charge is 0.414 e. The normalized spacial score (nSPS) is 10.3. The van der Waals surface area contributed by atoms with E-state index in [9.17, 15) is 14.4 Å². The summed E-state index contributed by atoms with van der Waals surface area (Å²) in [4.78, 5) is 38.2. The monoisotopic (exact) mass is 519 g/mol. The predicted molar refractivity (Wildman–Crippen MR) is 147 cm³/mol. The Morgan fingerprint density at radius 2 is 1.32 bits per heavy atom. The molecule has 0 atom stereocenters. The van der Waals surface area contributed by atoms with E-state index in [-0.39, 0.29) is 26.4 Å². The molecule has 0 aliphatic rings. The van der Waals surface area contributed by atoms with Gasteiger partial charge in [-0.15, -0.1) is 0 Å². The van der Waals surface area contributed by atoms with Crippen LogP contribution in [0.2, 0.25) is 0 Å². The number of carbonyl (C=O) groups excluding carboxylic acids is 3. The minimum Gasteiger partial charge on any atom is -0.450 e. The number of hydrogen-bond acceptors (Lipinski definition) is 6. The van der Waals surface area contributed by atoms with Gasteiger partial charge >= 0.3 is 18.3 Å². The zero-order valence-corrected chi connectivity index (χ0v) is 21.9. The van der Waals surface area contributed by atoms with Gasteiger partial charge in [-0.3, -0.25) is 15.5 Å². The second kappa shape index (κ2) is 14.3. The molecule has 3 rings (SSSR count). The molecule has 0 saturated heterocycles. The van der Waals surface area contributed by atoms with Crippen molar-refractivity contribution < 1.29 is 28.6 Å². The van der Waals surface area contributed by atoms with Crippen LogP contribution in [0.1, 0.15) is 37.5 Å². The lowest BCUT2D eigenvalue weighted by Crippen LogP contribution is -2.31. The highest BCUT2D eigenvalue weighted by atomic mass is 16.6. The van der Waals surface area contributed by atoms with Crippen LogP contribution in [0, 0.1) is 0 Å². The number of amides is 3. The lowest BCUT2D eigenvalue weighted by Gasteiger charge is -2.23. The van der Waals surface area contributed by atoms with E-state index in [2.05, 4.69) is 10.6 Å². The first-order valence-electron chi connectivity index (χ1n) is 12.5. The summed E-state index contributed by atoms with van der Waals surface area (Å²) in [6.07, 6.45) is -1.02. The van der Waals surface area contributed by atoms with Crippen LogP contribution in [0.15, 0.2) is 72.8 Å². The predicted octanol–water partition coefficient (Wildman–Crippen LogP) is 6.58. The van der Waals surface area contributed by atoms with Gasteiger partial charge < -0.3 is 14.2 Å². The highest BCUT2D eigenvalue weighted by molar-refractivity contribution is 5.88. The largest absolute Gasteiger partial charge is 0.450 e. The second-order valence-corrected chi connectivity index (χ2v) is 8.18. The maximum Gasteiger partial charge on any atom is 0.414 e. The van der Waals surface area contributed by atoms with Crippen molar-refractivity contribution in [3.05, 3.63) is 89.5 Å². The van der Waals surface area contributed by atoms with Gasteiger partial charge in [-0.1, -0.05) is 42.5 Å². The Balaban J connectivity index is 1.88. The molecule has 9 nitrogen and oxygen atoms in total. The van der Waals surface area contributed by atoms with Crippen LogP contribution in [-0.2, 0) is 27.2 Å². The Morgan fingerprint density at radius 1 is 0.711 bits per heavy atom. The molecule has 0 heterocycles. The molecule has 0 unspecified atom stereocenters. The molecule has 3 aromatic carbocycles. The Morgan fingerprint density at radius 3 is 1.95 bits per heavy atom. The van der Waals surface area contributed by atoms with Crippen LogP contribution in [0.5, 0.6) is 0 Å². The maximum atomic E-state index is 12.7. The molecule has 0 spiro atoms. The molecule has 3 aromatic rings. The van der Waals surface area contributed by atoms with Crippen LogP contribution in [0.4, 0.5) is 31.4 Å². The van der Waals surface area contributed by atoms with Crippen molar-refractivity contribution in [1.82, 2.24) is 0 Å². The van der Waals surface area contributed by atoms with Crippen molar-refractivity contribution in [2.45, 2.75) is 33.7 Å². The number of nitrogens with one attached hydrogen (secondary N) is 2. The number of carbonyl (C=O) groups is 3. The zero-order chi connectivity index (χ0) is 27.3. The number of hydrogen-bond donors (Lipinski definition) is 2. The Hall–Kier alpha value is -4.53. The van der Waals surface area contributed by atoms with Crippen LogP contribution >= 0.6 is 0 Å². The average molecular weight is 520 g/mol. The maximum absolute atomic E-state index is 12.7. The highest BCUT2D eigenvalue weighted by Gasteiger charge is 2.18. The van der Waals surface area contributed by atoms with E-state index in [1.807, 2.05) is 54.6 Å². The van der Waals surface area contributed by atoms with Crippen LogP contribution in [-0.4, -0.2) is 38.1 Å². The van der Waals surface area contributed by atoms with Gasteiger partial charge in [-0.2, -0.15) is 0 Å². The lowest BCUT2D eigenvalue weighted by atomic mass is 10.00. The molecule has 0 saturated carbocycles. The second-order valence-electron chi connectivity index (χ2n) is 8.18. The van der Waals surface area contributed by atoms with E-state index in [1.54, 1.807) is 43.9 Å². The molecule has 0 bridgehead atoms. The minimum atomic E-state index is -0.548. The Bertz CT molecular complexity index is 1210. The number of rotatable bonds is 10. The van der Waals surface area contributed by atoms with Gasteiger partial charge in [0.25, 0.3) is 0 Å². The fraction of sp³-hybridized carbons (Fsp3) is 0.276. The van der Waals surface area contributed by atoms with Crippen molar-refractivity contribution in [1.29, 1.82) is 0 Å². The summed E-state index contributed by atoms with van der Waals surface area (Å²) in [5.74, 6) is 0. The first-order chi connectivity index (χ1) is 18.4. The molecule has 9 heteroatoms. The van der Waals surface area contributed by atoms with Crippen LogP contribution in [0.25, 0.3) is 0 Å². The molecule has 0 aliphatic heterocycles. The van der Waals surface area contributed by atoms with Gasteiger partial charge in [0.15, 0.2) is 0 Å². The van der Waals surface area contributed by atoms with Crippen molar-refractivity contribution in [3.8, 4) is 0 Å². The van der Waals surface area contributed by atoms with E-state index >= 15 is 0 Å². The van der Waals surface area contributed by atoms with Gasteiger partial charge in [-0.25, -0.2) is 14.4 Å². The quantitative estimate of drug-likeness (QED) is 0.293. The van der Waals surface area contributed by atoms with E-state index in [0.717, 1.165) is 16.7 Å². The van der Waals surface area contributed by atoms with Gasteiger partial charge in [0.1, 0.15) is 0 Å². The Kier molecular flexibility index (Phi) is 10.5. The number of ether oxygens (including phenoxy) is 3. The summed E-state index contributed by atoms with van der Waals surface area (Å²) in [5.41, 5.74) is 4.56. The van der Waals surface area contributed by atoms with Crippen LogP contribution in [0.3, 0.4) is 0 Å². The Labute approximate surface area is 222 Å². The summed E-state index contributed by atoms with van der Waals surface area (Å²) in [5, 5.41) is 5.47. The highest BCUT2D eigenvalue weighted by Crippen LogP contribution is 2.25. The van der Waals surface area contributed by atoms with Gasteiger partial charge in [-0.05, 0) is 74.2 Å². The third-order valence-electron chi connectivity index (χ3n) is 5.45. The van der Waals surface area contributed by atoms with Gasteiger partial charge in [0.2, 0.25) is 0 Å². The number of nitrogens with zero attached hydrogens (tertiary/aromatic N) is 1. The fourth-order valence-electron chi connectivity index (χ4n) is 3.75. The first kappa shape index (κ1) is 28.0. The molecule has 0 aliphatic carbocycles. The van der Waals surface area contributed by atoms with Crippen molar-refractivity contribution in [3.63, 3.8) is 0 Å². The number of para-hydroxylation sites is 1. The molecule has 2 N–H and O–H groups in total. The molecule has 38 heavy (non-hydrogen) atoms. The molecular weight excluding hydrogens is 486 g/mol. The standard InChI is InChI=1S/C29H33N3O6/c1-4-36-27(33)30-24-15-12-21(13-16-24)18-23-19-22(14-17-26(23)31-28(34)37-5-2)20-32(29(35)38-6-3)25-10-8-7-9-11-25/h7-17,19H,4-6,18,20H2,1-3H3,(H,30,33)(H,31,34). The van der Waals surface area contributed by atoms with Crippen LogP contribution < -0.4 is 15.5 Å². The minimum absolute atomic E-state index is 0.250. The summed E-state index contributed by atoms with van der Waals surface area (Å²) in [6, 6.07) is 22.2. The third kappa shape index (κ3) is 8.26. The van der Waals surface area contributed by atoms with E-state index in [1.165, 1.54) is 0 Å². The zero-order valence-electron chi connectivity index (χ0n) is 21.9. The number of anilines is 3. The third-order valence-corrected chi connectivity index (χ3v) is 5.45. The summed E-state index contributed by atoms with van der Waals surface area (Å²) < 4.78 is 15.3. The molecule has 0 radical (unpaired) electrons. The molecule has 0 fully saturated rings. The average Bonchev–Trinajstić information content (AvgIpc) is 2.90. The van der Waals surface area contributed by atoms with Crippen molar-refractivity contribution >= 4 is 35.3 Å². The van der Waals surface area contributed by atoms with E-state index in [4.69, 9.17) is 14.2 Å². The van der Waals surface area contributed by atoms with Gasteiger partial charge in [0.05, 0.1) is 26.4 Å². The lowest BCUT2D eigenvalue weighted by molar-refractivity contribution is 0.159. The van der Waals surface area contributed by atoms with E-state index < -0.39 is 18.3 Å². The summed E-state index contributed by atoms with van der Waals surface area (Å²) >= 11 is 0. The first-order valence-corrected chi connectivity index (χ1v) is 12.5. The van der Waals surface area contributed by atoms with E-state index in [0.29, 0.717) is 23.5 Å². The number of benzene rings is 3. The molecule has 3 amide bonds. The molecular formula is C29H33N3O6. The van der Waals surface area contributed by atoms with Crippen molar-refractivity contribution in [2.75, 3.05) is 35.4 Å². The molecule has 200 valence electrons. The fourth-order valence-corrected chi connectivity index (χ4v) is 3.75. The summed E-state index contributed by atoms with van der Waals surface area (Å²) in [7, 11) is 0. The SMILES string of the molecule is CCOC(=O)Nc1ccc(Cc2cc(CN(C(=O)OCC)c3ccccc3)ccc2NC(=O)OCC)cc1. The topological polar surface area (TPSA) is 106 Å². The summed E-state index contributed by atoms with van der Waals surface area (Å²) in [6.45, 7) is 6.32. The van der Waals surface area contributed by atoms with Gasteiger partial charge in [0, 0.05) is 17.1 Å². The molecule has 0 aromatic heterocycles. The van der Waals surface area contributed by atoms with Crippen molar-refractivity contribution in [2.24, 2.45) is 0 Å².